The molecule has 0 fully saturated rings. The number of hydrogen-bond donors (Lipinski definition) is 5. The summed E-state index contributed by atoms with van der Waals surface area (Å²) in [5, 5.41) is 23.6. The lowest BCUT2D eigenvalue weighted by Crippen LogP contribution is -2.37. The summed E-state index contributed by atoms with van der Waals surface area (Å²) in [4.78, 5) is 7.35. The number of nitrogens with two attached hydrogens (primary N) is 3. The molecule has 2 aromatic carbocycles. The van der Waals surface area contributed by atoms with Crippen molar-refractivity contribution in [3.63, 3.8) is 0 Å². The maximum absolute atomic E-state index is 13.1. The van der Waals surface area contributed by atoms with E-state index >= 15 is 0 Å². The number of aliphatic hydroxyl groups excluding tert-OH is 1. The van der Waals surface area contributed by atoms with Crippen molar-refractivity contribution in [2.24, 2.45) is 31.8 Å². The quantitative estimate of drug-likeness (QED) is 0.245. The number of primary sulfonamides is 1. The van der Waals surface area contributed by atoms with Crippen molar-refractivity contribution in [3.05, 3.63) is 40.9 Å². The second kappa shape index (κ2) is 9.75. The number of azo groups is 1. The zero-order valence-electron chi connectivity index (χ0n) is 18.1. The van der Waals surface area contributed by atoms with Gasteiger partial charge in [-0.15, -0.1) is 16.5 Å². The SMILES string of the molecule is NCc1nc2c(-c3ccc(S(=O)(=O)NC[C@H](O)CN)c(S(N)(=O)=O)c3C3=NCN=N3)cccc2s1. The van der Waals surface area contributed by atoms with Gasteiger partial charge in [0.1, 0.15) is 14.8 Å². The molecule has 0 saturated carbocycles. The van der Waals surface area contributed by atoms with Crippen molar-refractivity contribution in [3.8, 4) is 11.1 Å². The lowest BCUT2D eigenvalue weighted by atomic mass is 9.98. The standard InChI is InChI=1S/C19H22N8O5S3/c20-6-10(28)8-25-35(31,32)14-5-4-11(12-2-1-3-13-17(12)26-15(7-21)33-13)16(18(14)34(22,29)30)19-23-9-24-27-19/h1-5,10,25,28H,6-9,20-21H2,(H2,22,29,30)/t10-/m1/s1. The zero-order chi connectivity index (χ0) is 25.4. The Balaban J connectivity index is 2.04. The van der Waals surface area contributed by atoms with Gasteiger partial charge in [-0.05, 0) is 17.7 Å². The van der Waals surface area contributed by atoms with Crippen molar-refractivity contribution in [1.82, 2.24) is 9.71 Å². The van der Waals surface area contributed by atoms with Gasteiger partial charge in [0.25, 0.3) is 0 Å². The molecule has 13 nitrogen and oxygen atoms in total. The number of aliphatic imine (C=N–C) groups is 1. The van der Waals surface area contributed by atoms with Gasteiger partial charge in [-0.1, -0.05) is 18.2 Å². The summed E-state index contributed by atoms with van der Waals surface area (Å²) in [5.41, 5.74) is 12.3. The first-order valence-corrected chi connectivity index (χ1v) is 14.0. The molecule has 35 heavy (non-hydrogen) atoms. The zero-order valence-corrected chi connectivity index (χ0v) is 20.6. The highest BCUT2D eigenvalue weighted by molar-refractivity contribution is 7.92. The van der Waals surface area contributed by atoms with E-state index in [2.05, 4.69) is 24.9 Å². The smallest absolute Gasteiger partial charge is 0.242 e. The van der Waals surface area contributed by atoms with Crippen LogP contribution in [-0.4, -0.2) is 58.6 Å². The minimum atomic E-state index is -4.64. The Hall–Kier alpha value is -2.70. The second-order valence-corrected chi connectivity index (χ2v) is 11.8. The summed E-state index contributed by atoms with van der Waals surface area (Å²) >= 11 is 1.38. The summed E-state index contributed by atoms with van der Waals surface area (Å²) < 4.78 is 54.8. The number of sulfonamides is 2. The molecular weight excluding hydrogens is 516 g/mol. The Labute approximate surface area is 204 Å². The molecule has 0 bridgehead atoms. The van der Waals surface area contributed by atoms with Gasteiger partial charge in [0.15, 0.2) is 12.5 Å². The average molecular weight is 539 g/mol. The van der Waals surface area contributed by atoms with Crippen LogP contribution < -0.4 is 21.3 Å². The van der Waals surface area contributed by atoms with Crippen LogP contribution in [0, 0.1) is 0 Å². The molecule has 186 valence electrons. The topological polar surface area (TPSA) is 229 Å². The Morgan fingerprint density at radius 1 is 1.11 bits per heavy atom. The summed E-state index contributed by atoms with van der Waals surface area (Å²) in [7, 11) is -9.09. The van der Waals surface area contributed by atoms with E-state index in [0.29, 0.717) is 21.7 Å². The number of aliphatic hydroxyl groups is 1. The van der Waals surface area contributed by atoms with Gasteiger partial charge in [-0.2, -0.15) is 5.11 Å². The van der Waals surface area contributed by atoms with E-state index in [1.165, 1.54) is 17.4 Å². The lowest BCUT2D eigenvalue weighted by molar-refractivity contribution is 0.186. The average Bonchev–Trinajstić information content (AvgIpc) is 3.50. The number of thiazole rings is 1. The number of fused-ring (bicyclic) bond motifs is 1. The van der Waals surface area contributed by atoms with Crippen molar-refractivity contribution < 1.29 is 21.9 Å². The molecule has 2 heterocycles. The van der Waals surface area contributed by atoms with Crippen LogP contribution in [0.15, 0.2) is 55.3 Å². The fourth-order valence-electron chi connectivity index (χ4n) is 3.53. The highest BCUT2D eigenvalue weighted by atomic mass is 32.2. The van der Waals surface area contributed by atoms with Crippen molar-refractivity contribution in [1.29, 1.82) is 0 Å². The van der Waals surface area contributed by atoms with Gasteiger partial charge in [0.2, 0.25) is 20.0 Å². The van der Waals surface area contributed by atoms with Crippen LogP contribution in [0.2, 0.25) is 0 Å². The molecule has 4 rings (SSSR count). The normalized spacial score (nSPS) is 15.0. The fraction of sp³-hybridized carbons (Fsp3) is 0.263. The highest BCUT2D eigenvalue weighted by Gasteiger charge is 2.33. The lowest BCUT2D eigenvalue weighted by Gasteiger charge is -2.18. The molecule has 0 spiro atoms. The Morgan fingerprint density at radius 3 is 2.51 bits per heavy atom. The minimum absolute atomic E-state index is 0.0605. The molecular formula is C19H22N8O5S3. The molecule has 0 saturated heterocycles. The summed E-state index contributed by atoms with van der Waals surface area (Å²) in [6.45, 7) is -0.476. The van der Waals surface area contributed by atoms with Gasteiger partial charge in [-0.25, -0.2) is 36.7 Å². The molecule has 1 aliphatic heterocycles. The van der Waals surface area contributed by atoms with Gasteiger partial charge in [0, 0.05) is 25.2 Å². The summed E-state index contributed by atoms with van der Waals surface area (Å²) in [6, 6.07) is 7.87. The Kier molecular flexibility index (Phi) is 7.07. The molecule has 0 amide bonds. The first-order chi connectivity index (χ1) is 16.6. The van der Waals surface area contributed by atoms with E-state index in [-0.39, 0.29) is 31.2 Å². The predicted octanol–water partition coefficient (Wildman–Crippen LogP) is -0.163. The fourth-order valence-corrected chi connectivity index (χ4v) is 7.07. The van der Waals surface area contributed by atoms with E-state index in [4.69, 9.17) is 16.6 Å². The third kappa shape index (κ3) is 5.00. The van der Waals surface area contributed by atoms with Gasteiger partial charge in [-0.3, -0.25) is 0 Å². The number of amidine groups is 1. The monoisotopic (exact) mass is 538 g/mol. The van der Waals surface area contributed by atoms with Crippen molar-refractivity contribution in [2.75, 3.05) is 19.8 Å². The van der Waals surface area contributed by atoms with Crippen molar-refractivity contribution >= 4 is 47.4 Å². The van der Waals surface area contributed by atoms with Crippen LogP contribution in [0.1, 0.15) is 10.6 Å². The van der Waals surface area contributed by atoms with Crippen LogP contribution in [0.3, 0.4) is 0 Å². The largest absolute Gasteiger partial charge is 0.390 e. The van der Waals surface area contributed by atoms with E-state index in [1.807, 2.05) is 6.07 Å². The first-order valence-electron chi connectivity index (χ1n) is 10.2. The summed E-state index contributed by atoms with van der Waals surface area (Å²) in [6.07, 6.45) is -1.17. The molecule has 3 aromatic rings. The molecule has 0 unspecified atom stereocenters. The molecule has 1 aliphatic rings. The highest BCUT2D eigenvalue weighted by Crippen LogP contribution is 2.38. The van der Waals surface area contributed by atoms with Crippen LogP contribution in [0.5, 0.6) is 0 Å². The maximum Gasteiger partial charge on any atom is 0.242 e. The third-order valence-corrected chi connectivity index (χ3v) is 8.71. The minimum Gasteiger partial charge on any atom is -0.390 e. The van der Waals surface area contributed by atoms with E-state index in [9.17, 15) is 21.9 Å². The van der Waals surface area contributed by atoms with E-state index in [0.717, 1.165) is 10.8 Å². The first kappa shape index (κ1) is 25.4. The van der Waals surface area contributed by atoms with Crippen LogP contribution in [0.25, 0.3) is 21.3 Å². The number of rotatable bonds is 9. The number of nitrogens with zero attached hydrogens (tertiary/aromatic N) is 4. The van der Waals surface area contributed by atoms with E-state index in [1.54, 1.807) is 12.1 Å². The Bertz CT molecular complexity index is 1560. The Morgan fingerprint density at radius 2 is 1.89 bits per heavy atom. The van der Waals surface area contributed by atoms with Crippen molar-refractivity contribution in [2.45, 2.75) is 22.4 Å². The van der Waals surface area contributed by atoms with Crippen LogP contribution in [-0.2, 0) is 26.6 Å². The summed E-state index contributed by atoms with van der Waals surface area (Å²) in [5.74, 6) is -0.0886. The van der Waals surface area contributed by atoms with Crippen LogP contribution in [0.4, 0.5) is 0 Å². The number of nitrogens with one attached hydrogen (secondary N) is 1. The number of benzene rings is 2. The molecule has 1 atom stereocenters. The third-order valence-electron chi connectivity index (χ3n) is 5.08. The molecule has 0 aliphatic carbocycles. The van der Waals surface area contributed by atoms with Crippen LogP contribution >= 0.6 is 11.3 Å². The molecule has 1 aromatic heterocycles. The number of hydrogen-bond acceptors (Lipinski definition) is 12. The van der Waals surface area contributed by atoms with Gasteiger partial charge < -0.3 is 16.6 Å². The predicted molar refractivity (Wildman–Crippen MR) is 131 cm³/mol. The van der Waals surface area contributed by atoms with E-state index < -0.39 is 42.5 Å². The molecule has 16 heteroatoms. The number of para-hydroxylation sites is 1. The van der Waals surface area contributed by atoms with Gasteiger partial charge in [0.05, 0.1) is 21.9 Å². The molecule has 0 radical (unpaired) electrons. The van der Waals surface area contributed by atoms with Gasteiger partial charge >= 0.3 is 0 Å². The second-order valence-electron chi connectivity index (χ2n) is 7.43. The molecule has 8 N–H and O–H groups in total. The number of aromatic nitrogens is 1. The maximum atomic E-state index is 13.1.